The van der Waals surface area contributed by atoms with Gasteiger partial charge >= 0.3 is 0 Å². The second-order valence-electron chi connectivity index (χ2n) is 13.0. The number of ketones is 1. The maximum absolute atomic E-state index is 12.6. The van der Waals surface area contributed by atoms with E-state index in [2.05, 4.69) is 86.2 Å². The SMILES string of the molecule is C=C1C(=O)C[C@@H](O[Si](C)(C)C(C)(C)C)[C@@H]1C#C[C@H](O[Si](C)(C)C(C)(C)C)C1CCCCC1. The van der Waals surface area contributed by atoms with Gasteiger partial charge in [-0.2, -0.15) is 0 Å². The summed E-state index contributed by atoms with van der Waals surface area (Å²) in [4.78, 5) is 12.6. The third-order valence-electron chi connectivity index (χ3n) is 8.43. The van der Waals surface area contributed by atoms with Gasteiger partial charge in [0.25, 0.3) is 0 Å². The van der Waals surface area contributed by atoms with Gasteiger partial charge < -0.3 is 8.85 Å². The molecule has 0 unspecified atom stereocenters. The highest BCUT2D eigenvalue weighted by Gasteiger charge is 2.45. The quantitative estimate of drug-likeness (QED) is 0.234. The maximum Gasteiger partial charge on any atom is 0.193 e. The topological polar surface area (TPSA) is 35.5 Å². The lowest BCUT2D eigenvalue weighted by atomic mass is 9.85. The van der Waals surface area contributed by atoms with Crippen molar-refractivity contribution in [3.63, 3.8) is 0 Å². The van der Waals surface area contributed by atoms with Gasteiger partial charge in [-0.3, -0.25) is 4.79 Å². The Bertz CT molecular complexity index is 752. The van der Waals surface area contributed by atoms with Gasteiger partial charge in [-0.1, -0.05) is 79.2 Å². The Balaban J connectivity index is 2.33. The van der Waals surface area contributed by atoms with Crippen LogP contribution in [-0.2, 0) is 13.6 Å². The van der Waals surface area contributed by atoms with Gasteiger partial charge in [0.15, 0.2) is 22.4 Å². The molecular weight excluding hydrogens is 428 g/mol. The number of carbonyl (C=O) groups is 1. The summed E-state index contributed by atoms with van der Waals surface area (Å²) in [6, 6.07) is 0. The smallest absolute Gasteiger partial charge is 0.193 e. The molecule has 0 saturated heterocycles. The molecule has 3 atom stereocenters. The van der Waals surface area contributed by atoms with E-state index in [0.717, 1.165) is 0 Å². The van der Waals surface area contributed by atoms with Crippen LogP contribution in [0.1, 0.15) is 80.1 Å². The van der Waals surface area contributed by atoms with Crippen LogP contribution in [-0.4, -0.2) is 34.6 Å². The van der Waals surface area contributed by atoms with Crippen molar-refractivity contribution in [3.8, 4) is 11.8 Å². The molecule has 0 aromatic heterocycles. The summed E-state index contributed by atoms with van der Waals surface area (Å²) in [5.74, 6) is 7.40. The molecule has 32 heavy (non-hydrogen) atoms. The van der Waals surface area contributed by atoms with Gasteiger partial charge in [0, 0.05) is 12.0 Å². The molecule has 3 nitrogen and oxygen atoms in total. The first-order chi connectivity index (χ1) is 14.5. The summed E-state index contributed by atoms with van der Waals surface area (Å²) < 4.78 is 13.5. The highest BCUT2D eigenvalue weighted by Crippen LogP contribution is 2.42. The summed E-state index contributed by atoms with van der Waals surface area (Å²) in [6.45, 7) is 26.8. The van der Waals surface area contributed by atoms with Crippen molar-refractivity contribution in [1.82, 2.24) is 0 Å². The van der Waals surface area contributed by atoms with Crippen LogP contribution in [0.25, 0.3) is 0 Å². The van der Waals surface area contributed by atoms with E-state index in [1.807, 2.05) is 0 Å². The molecule has 0 spiro atoms. The van der Waals surface area contributed by atoms with Crippen molar-refractivity contribution in [1.29, 1.82) is 0 Å². The zero-order chi connectivity index (χ0) is 24.5. The standard InChI is InChI=1S/C27H48O3Si2/c1-20-22(25(19-23(20)28)30-32(10,11)27(5,6)7)17-18-24(21-15-13-12-14-16-21)29-31(8,9)26(2,3)4/h21-22,24-25H,1,12-16,19H2,2-11H3/t22-,24+,25-/m1/s1. The van der Waals surface area contributed by atoms with Crippen molar-refractivity contribution in [2.24, 2.45) is 11.8 Å². The zero-order valence-corrected chi connectivity index (χ0v) is 24.5. The molecule has 182 valence electrons. The molecule has 0 heterocycles. The summed E-state index contributed by atoms with van der Waals surface area (Å²) in [5.41, 5.74) is 0.621. The summed E-state index contributed by atoms with van der Waals surface area (Å²) in [6.07, 6.45) is 6.36. The predicted octanol–water partition coefficient (Wildman–Crippen LogP) is 7.50. The normalized spacial score (nSPS) is 24.9. The van der Waals surface area contributed by atoms with Crippen LogP contribution < -0.4 is 0 Å². The predicted molar refractivity (Wildman–Crippen MR) is 141 cm³/mol. The Labute approximate surface area is 200 Å². The first-order valence-corrected chi connectivity index (χ1v) is 18.4. The lowest BCUT2D eigenvalue weighted by molar-refractivity contribution is -0.115. The van der Waals surface area contributed by atoms with Crippen molar-refractivity contribution >= 4 is 22.4 Å². The molecule has 2 fully saturated rings. The van der Waals surface area contributed by atoms with E-state index < -0.39 is 16.6 Å². The molecule has 0 N–H and O–H groups in total. The molecular formula is C27H48O3Si2. The molecule has 2 aliphatic carbocycles. The Morgan fingerprint density at radius 2 is 1.47 bits per heavy atom. The van der Waals surface area contributed by atoms with E-state index >= 15 is 0 Å². The van der Waals surface area contributed by atoms with Crippen molar-refractivity contribution in [2.45, 2.75) is 129 Å². The fourth-order valence-electron chi connectivity index (χ4n) is 4.02. The minimum Gasteiger partial charge on any atom is -0.412 e. The number of Topliss-reactive ketones (excluding diaryl/α,β-unsaturated/α-hetero) is 1. The van der Waals surface area contributed by atoms with Crippen molar-refractivity contribution in [2.75, 3.05) is 0 Å². The average molecular weight is 477 g/mol. The minimum atomic E-state index is -2.01. The number of rotatable bonds is 5. The fraction of sp³-hybridized carbons (Fsp3) is 0.815. The van der Waals surface area contributed by atoms with E-state index in [0.29, 0.717) is 17.9 Å². The Kier molecular flexibility index (Phi) is 8.53. The number of carbonyl (C=O) groups excluding carboxylic acids is 1. The number of hydrogen-bond donors (Lipinski definition) is 0. The largest absolute Gasteiger partial charge is 0.412 e. The summed E-state index contributed by atoms with van der Waals surface area (Å²) >= 11 is 0. The molecule has 5 heteroatoms. The van der Waals surface area contributed by atoms with Crippen molar-refractivity contribution in [3.05, 3.63) is 12.2 Å². The highest BCUT2D eigenvalue weighted by atomic mass is 28.4. The number of hydrogen-bond acceptors (Lipinski definition) is 3. The monoisotopic (exact) mass is 476 g/mol. The molecule has 0 amide bonds. The van der Waals surface area contributed by atoms with E-state index in [-0.39, 0.29) is 34.0 Å². The van der Waals surface area contributed by atoms with Gasteiger partial charge in [-0.05, 0) is 55.0 Å². The summed E-state index contributed by atoms with van der Waals surface area (Å²) in [7, 11) is -3.96. The van der Waals surface area contributed by atoms with Crippen LogP contribution in [0.3, 0.4) is 0 Å². The van der Waals surface area contributed by atoms with Crippen molar-refractivity contribution < 1.29 is 13.6 Å². The van der Waals surface area contributed by atoms with Gasteiger partial charge in [0.2, 0.25) is 0 Å². The third kappa shape index (κ3) is 6.46. The Morgan fingerprint density at radius 1 is 0.938 bits per heavy atom. The molecule has 0 aromatic carbocycles. The Hall–Kier alpha value is -0.676. The van der Waals surface area contributed by atoms with Gasteiger partial charge in [-0.25, -0.2) is 0 Å². The third-order valence-corrected chi connectivity index (χ3v) is 17.4. The van der Waals surface area contributed by atoms with E-state index in [9.17, 15) is 4.79 Å². The molecule has 2 rings (SSSR count). The van der Waals surface area contributed by atoms with Crippen LogP contribution in [0.2, 0.25) is 36.3 Å². The average Bonchev–Trinajstić information content (AvgIpc) is 2.90. The molecule has 0 aliphatic heterocycles. The maximum atomic E-state index is 12.6. The molecule has 0 radical (unpaired) electrons. The van der Waals surface area contributed by atoms with Crippen LogP contribution >= 0.6 is 0 Å². The lowest BCUT2D eigenvalue weighted by Gasteiger charge is -2.41. The van der Waals surface area contributed by atoms with Crippen LogP contribution in [0.4, 0.5) is 0 Å². The molecule has 2 aliphatic rings. The minimum absolute atomic E-state index is 0.0618. The van der Waals surface area contributed by atoms with Gasteiger partial charge in [0.1, 0.15) is 6.10 Å². The first-order valence-electron chi connectivity index (χ1n) is 12.5. The highest BCUT2D eigenvalue weighted by molar-refractivity contribution is 6.74. The second-order valence-corrected chi connectivity index (χ2v) is 22.5. The zero-order valence-electron chi connectivity index (χ0n) is 22.5. The molecule has 0 bridgehead atoms. The van der Waals surface area contributed by atoms with E-state index in [4.69, 9.17) is 8.85 Å². The molecule has 0 aromatic rings. The van der Waals surface area contributed by atoms with E-state index in [1.165, 1.54) is 32.1 Å². The molecule has 2 saturated carbocycles. The van der Waals surface area contributed by atoms with Crippen LogP contribution in [0.15, 0.2) is 12.2 Å². The van der Waals surface area contributed by atoms with Gasteiger partial charge in [-0.15, -0.1) is 0 Å². The van der Waals surface area contributed by atoms with Gasteiger partial charge in [0.05, 0.1) is 12.0 Å². The second kappa shape index (κ2) is 9.90. The van der Waals surface area contributed by atoms with Crippen LogP contribution in [0, 0.1) is 23.7 Å². The fourth-order valence-corrected chi connectivity index (χ4v) is 6.59. The van der Waals surface area contributed by atoms with Crippen LogP contribution in [0.5, 0.6) is 0 Å². The Morgan fingerprint density at radius 3 is 1.97 bits per heavy atom. The first kappa shape index (κ1) is 27.6. The summed E-state index contributed by atoms with van der Waals surface area (Å²) in [5, 5.41) is 0.233. The van der Waals surface area contributed by atoms with E-state index in [1.54, 1.807) is 0 Å². The lowest BCUT2D eigenvalue weighted by Crippen LogP contribution is -2.46.